The fourth-order valence-corrected chi connectivity index (χ4v) is 1.33. The molecule has 68 valence electrons. The van der Waals surface area contributed by atoms with Gasteiger partial charge in [-0.25, -0.2) is 0 Å². The van der Waals surface area contributed by atoms with E-state index in [2.05, 4.69) is 10.2 Å². The van der Waals surface area contributed by atoms with Crippen molar-refractivity contribution < 1.29 is 4.74 Å². The van der Waals surface area contributed by atoms with E-state index < -0.39 is 0 Å². The Balaban J connectivity index is 2.43. The Morgan fingerprint density at radius 2 is 2.31 bits per heavy atom. The molecule has 2 heterocycles. The fourth-order valence-electron chi connectivity index (χ4n) is 1.18. The van der Waals surface area contributed by atoms with E-state index in [9.17, 15) is 0 Å². The number of anilines is 1. The summed E-state index contributed by atoms with van der Waals surface area (Å²) in [4.78, 5) is 0. The lowest BCUT2D eigenvalue weighted by molar-refractivity contribution is 0.307. The average Bonchev–Trinajstić information content (AvgIpc) is 2.61. The molecule has 0 unspecified atom stereocenters. The van der Waals surface area contributed by atoms with Crippen LogP contribution in [0.5, 0.6) is 0 Å². The first kappa shape index (κ1) is 8.31. The molecule has 1 aromatic rings. The van der Waals surface area contributed by atoms with Gasteiger partial charge in [0.15, 0.2) is 11.0 Å². The zero-order chi connectivity index (χ0) is 9.26. The van der Waals surface area contributed by atoms with E-state index >= 15 is 0 Å². The maximum absolute atomic E-state index is 5.68. The second kappa shape index (κ2) is 3.22. The van der Waals surface area contributed by atoms with Gasteiger partial charge >= 0.3 is 0 Å². The van der Waals surface area contributed by atoms with E-state index in [1.54, 1.807) is 6.07 Å². The van der Waals surface area contributed by atoms with E-state index in [-0.39, 0.29) is 0 Å². The van der Waals surface area contributed by atoms with Gasteiger partial charge in [0.2, 0.25) is 0 Å². The lowest BCUT2D eigenvalue weighted by Crippen LogP contribution is -1.99. The van der Waals surface area contributed by atoms with Gasteiger partial charge in [-0.05, 0) is 12.1 Å². The second-order valence-electron chi connectivity index (χ2n) is 2.67. The van der Waals surface area contributed by atoms with Gasteiger partial charge in [-0.1, -0.05) is 11.6 Å². The van der Waals surface area contributed by atoms with E-state index in [0.717, 1.165) is 17.7 Å². The van der Waals surface area contributed by atoms with Gasteiger partial charge in [-0.3, -0.25) is 0 Å². The van der Waals surface area contributed by atoms with Crippen molar-refractivity contribution in [1.29, 1.82) is 0 Å². The minimum atomic E-state index is 0.320. The molecule has 0 fully saturated rings. The Hall–Kier alpha value is -1.29. The lowest BCUT2D eigenvalue weighted by Gasteiger charge is -2.05. The molecular formula is C8H8ClN3O. The lowest BCUT2D eigenvalue weighted by atomic mass is 10.2. The van der Waals surface area contributed by atoms with Gasteiger partial charge in [0.1, 0.15) is 5.76 Å². The van der Waals surface area contributed by atoms with Crippen molar-refractivity contribution in [2.45, 2.75) is 6.42 Å². The first-order valence-corrected chi connectivity index (χ1v) is 4.27. The van der Waals surface area contributed by atoms with Crippen LogP contribution in [0, 0.1) is 0 Å². The number of nitrogen functional groups attached to an aromatic ring is 1. The van der Waals surface area contributed by atoms with Crippen LogP contribution in [0.3, 0.4) is 0 Å². The van der Waals surface area contributed by atoms with Crippen LogP contribution < -0.4 is 5.73 Å². The molecule has 1 aliphatic heterocycles. The predicted octanol–water partition coefficient (Wildman–Crippen LogP) is 1.47. The summed E-state index contributed by atoms with van der Waals surface area (Å²) in [5.74, 6) is 1.09. The number of hydrogen-bond donors (Lipinski definition) is 1. The summed E-state index contributed by atoms with van der Waals surface area (Å²) in [5.41, 5.74) is 6.34. The Bertz CT molecular complexity index is 364. The largest absolute Gasteiger partial charge is 0.493 e. The van der Waals surface area contributed by atoms with Gasteiger partial charge in [-0.2, -0.15) is 0 Å². The highest BCUT2D eigenvalue weighted by molar-refractivity contribution is 6.29. The second-order valence-corrected chi connectivity index (χ2v) is 3.06. The highest BCUT2D eigenvalue weighted by Crippen LogP contribution is 2.26. The molecule has 0 radical (unpaired) electrons. The van der Waals surface area contributed by atoms with Crippen LogP contribution in [0.1, 0.15) is 12.0 Å². The van der Waals surface area contributed by atoms with Crippen LogP contribution in [-0.2, 0) is 4.74 Å². The molecular weight excluding hydrogens is 190 g/mol. The Morgan fingerprint density at radius 1 is 1.46 bits per heavy atom. The molecule has 1 aromatic heterocycles. The Labute approximate surface area is 80.4 Å². The standard InChI is InChI=1S/C8H8ClN3O/c9-7-4-5(8(10)12-11-7)6-2-1-3-13-6/h2,4H,1,3H2,(H2,10,12). The first-order chi connectivity index (χ1) is 6.27. The molecule has 0 saturated carbocycles. The average molecular weight is 198 g/mol. The zero-order valence-corrected chi connectivity index (χ0v) is 7.58. The van der Waals surface area contributed by atoms with Crippen molar-refractivity contribution in [1.82, 2.24) is 10.2 Å². The molecule has 13 heavy (non-hydrogen) atoms. The van der Waals surface area contributed by atoms with Gasteiger partial charge < -0.3 is 10.5 Å². The molecule has 5 heteroatoms. The van der Waals surface area contributed by atoms with Gasteiger partial charge in [0.25, 0.3) is 0 Å². The van der Waals surface area contributed by atoms with E-state index in [0.29, 0.717) is 17.6 Å². The van der Waals surface area contributed by atoms with E-state index in [1.807, 2.05) is 6.08 Å². The van der Waals surface area contributed by atoms with Crippen LogP contribution in [0.4, 0.5) is 5.82 Å². The maximum Gasteiger partial charge on any atom is 0.157 e. The van der Waals surface area contributed by atoms with Crippen LogP contribution in [0.25, 0.3) is 5.76 Å². The third-order valence-electron chi connectivity index (χ3n) is 1.76. The van der Waals surface area contributed by atoms with Crippen LogP contribution in [0.15, 0.2) is 12.1 Å². The van der Waals surface area contributed by atoms with Crippen LogP contribution in [0.2, 0.25) is 5.15 Å². The van der Waals surface area contributed by atoms with Crippen LogP contribution >= 0.6 is 11.6 Å². The number of hydrogen-bond acceptors (Lipinski definition) is 4. The minimum absolute atomic E-state index is 0.320. The summed E-state index contributed by atoms with van der Waals surface area (Å²) < 4.78 is 5.33. The monoisotopic (exact) mass is 197 g/mol. The molecule has 2 rings (SSSR count). The molecule has 0 amide bonds. The normalized spacial score (nSPS) is 15.3. The maximum atomic E-state index is 5.68. The number of nitrogens with zero attached hydrogens (tertiary/aromatic N) is 2. The molecule has 4 nitrogen and oxygen atoms in total. The topological polar surface area (TPSA) is 61.0 Å². The van der Waals surface area contributed by atoms with Gasteiger partial charge in [-0.15, -0.1) is 10.2 Å². The number of nitrogens with two attached hydrogens (primary N) is 1. The summed E-state index contributed by atoms with van der Waals surface area (Å²) in [5, 5.41) is 7.64. The smallest absolute Gasteiger partial charge is 0.157 e. The quantitative estimate of drug-likeness (QED) is 0.741. The third kappa shape index (κ3) is 1.58. The van der Waals surface area contributed by atoms with Crippen molar-refractivity contribution in [2.24, 2.45) is 0 Å². The molecule has 0 saturated heterocycles. The van der Waals surface area contributed by atoms with Gasteiger partial charge in [0.05, 0.1) is 12.2 Å². The first-order valence-electron chi connectivity index (χ1n) is 3.89. The zero-order valence-electron chi connectivity index (χ0n) is 6.83. The number of aromatic nitrogens is 2. The molecule has 0 spiro atoms. The SMILES string of the molecule is Nc1nnc(Cl)cc1C1=CCCO1. The minimum Gasteiger partial charge on any atom is -0.493 e. The molecule has 1 aliphatic rings. The Morgan fingerprint density at radius 3 is 3.00 bits per heavy atom. The van der Waals surface area contributed by atoms with Crippen molar-refractivity contribution in [3.8, 4) is 0 Å². The van der Waals surface area contributed by atoms with Crippen molar-refractivity contribution in [2.75, 3.05) is 12.3 Å². The highest BCUT2D eigenvalue weighted by Gasteiger charge is 2.13. The molecule has 0 atom stereocenters. The molecule has 0 bridgehead atoms. The van der Waals surface area contributed by atoms with Crippen molar-refractivity contribution >= 4 is 23.2 Å². The fraction of sp³-hybridized carbons (Fsp3) is 0.250. The third-order valence-corrected chi connectivity index (χ3v) is 1.95. The Kier molecular flexibility index (Phi) is 2.06. The molecule has 2 N–H and O–H groups in total. The summed E-state index contributed by atoms with van der Waals surface area (Å²) >= 11 is 5.68. The van der Waals surface area contributed by atoms with E-state index in [1.165, 1.54) is 0 Å². The number of halogens is 1. The summed E-state index contributed by atoms with van der Waals surface area (Å²) in [6, 6.07) is 1.65. The van der Waals surface area contributed by atoms with E-state index in [4.69, 9.17) is 22.1 Å². The summed E-state index contributed by atoms with van der Waals surface area (Å²) in [7, 11) is 0. The summed E-state index contributed by atoms with van der Waals surface area (Å²) in [6.07, 6.45) is 2.86. The summed E-state index contributed by atoms with van der Waals surface area (Å²) in [6.45, 7) is 0.689. The van der Waals surface area contributed by atoms with Gasteiger partial charge in [0, 0.05) is 6.42 Å². The number of ether oxygens (including phenoxy) is 1. The van der Waals surface area contributed by atoms with Crippen LogP contribution in [-0.4, -0.2) is 16.8 Å². The molecule has 0 aromatic carbocycles. The predicted molar refractivity (Wildman–Crippen MR) is 50.0 cm³/mol. The van der Waals surface area contributed by atoms with Crippen molar-refractivity contribution in [3.05, 3.63) is 22.9 Å². The molecule has 0 aliphatic carbocycles. The highest BCUT2D eigenvalue weighted by atomic mass is 35.5. The number of rotatable bonds is 1. The van der Waals surface area contributed by atoms with Crippen molar-refractivity contribution in [3.63, 3.8) is 0 Å².